The third-order valence-corrected chi connectivity index (χ3v) is 7.90. The van der Waals surface area contributed by atoms with Gasteiger partial charge in [0.1, 0.15) is 11.4 Å². The highest BCUT2D eigenvalue weighted by Crippen LogP contribution is 2.32. The van der Waals surface area contributed by atoms with E-state index in [-0.39, 0.29) is 6.10 Å². The minimum absolute atomic E-state index is 0.249. The molecule has 2 aromatic carbocycles. The number of ether oxygens (including phenoxy) is 1. The molecule has 5 nitrogen and oxygen atoms in total. The van der Waals surface area contributed by atoms with E-state index >= 15 is 0 Å². The van der Waals surface area contributed by atoms with Crippen LogP contribution in [0.1, 0.15) is 42.8 Å². The number of piperidine rings is 1. The lowest BCUT2D eigenvalue weighted by atomic mass is 9.87. The van der Waals surface area contributed by atoms with Crippen LogP contribution < -0.4 is 0 Å². The Kier molecular flexibility index (Phi) is 6.38. The number of rotatable bonds is 6. The van der Waals surface area contributed by atoms with Gasteiger partial charge in [-0.1, -0.05) is 28.1 Å². The first-order valence-corrected chi connectivity index (χ1v) is 12.8. The summed E-state index contributed by atoms with van der Waals surface area (Å²) in [6.07, 6.45) is 4.77. The van der Waals surface area contributed by atoms with Gasteiger partial charge in [0.25, 0.3) is 0 Å². The molecule has 1 unspecified atom stereocenters. The van der Waals surface area contributed by atoms with Crippen LogP contribution in [0.3, 0.4) is 0 Å². The van der Waals surface area contributed by atoms with E-state index in [4.69, 9.17) is 4.74 Å². The Bertz CT molecular complexity index is 1140. The quantitative estimate of drug-likeness (QED) is 0.496. The Morgan fingerprint density at radius 2 is 2.00 bits per heavy atom. The van der Waals surface area contributed by atoms with Crippen LogP contribution in [0, 0.1) is 11.8 Å². The number of halogens is 1. The molecule has 5 rings (SSSR count). The average molecular weight is 512 g/mol. The Morgan fingerprint density at radius 3 is 2.79 bits per heavy atom. The SMILES string of the molecule is CO[C@H]1CN(CC2Cc3ccc(Br)cc3C2)CC[C@H]1Cc1ccc2[nH]c(C(C)(C)O)nc2c1. The number of hydrogen-bond donors (Lipinski definition) is 2. The highest BCUT2D eigenvalue weighted by atomic mass is 79.9. The van der Waals surface area contributed by atoms with Crippen molar-refractivity contribution in [3.05, 3.63) is 63.4 Å². The van der Waals surface area contributed by atoms with Crippen LogP contribution in [0.2, 0.25) is 0 Å². The summed E-state index contributed by atoms with van der Waals surface area (Å²) in [4.78, 5) is 10.5. The number of likely N-dealkylation sites (tertiary alicyclic amines) is 1. The minimum Gasteiger partial charge on any atom is -0.383 e. The summed E-state index contributed by atoms with van der Waals surface area (Å²) in [6, 6.07) is 13.2. The van der Waals surface area contributed by atoms with Crippen molar-refractivity contribution in [2.45, 2.75) is 51.2 Å². The molecule has 33 heavy (non-hydrogen) atoms. The number of nitrogens with zero attached hydrogens (tertiary/aromatic N) is 2. The van der Waals surface area contributed by atoms with Crippen molar-refractivity contribution in [2.24, 2.45) is 11.8 Å². The summed E-state index contributed by atoms with van der Waals surface area (Å²) in [5.41, 5.74) is 5.23. The van der Waals surface area contributed by atoms with Gasteiger partial charge in [0, 0.05) is 24.7 Å². The molecule has 2 heterocycles. The molecule has 2 aliphatic rings. The fraction of sp³-hybridized carbons (Fsp3) is 0.519. The van der Waals surface area contributed by atoms with E-state index in [2.05, 4.69) is 67.2 Å². The molecule has 0 saturated carbocycles. The Balaban J connectivity index is 1.21. The van der Waals surface area contributed by atoms with Crippen molar-refractivity contribution in [1.29, 1.82) is 0 Å². The number of imidazole rings is 1. The van der Waals surface area contributed by atoms with Crippen LogP contribution in [0.4, 0.5) is 0 Å². The number of aromatic nitrogens is 2. The lowest BCUT2D eigenvalue weighted by Gasteiger charge is -2.39. The number of hydrogen-bond acceptors (Lipinski definition) is 4. The molecule has 1 saturated heterocycles. The predicted molar refractivity (Wildman–Crippen MR) is 135 cm³/mol. The molecule has 0 radical (unpaired) electrons. The number of aromatic amines is 1. The molecule has 1 aromatic heterocycles. The van der Waals surface area contributed by atoms with Gasteiger partial charge in [0.2, 0.25) is 0 Å². The second kappa shape index (κ2) is 9.14. The number of methoxy groups -OCH3 is 1. The van der Waals surface area contributed by atoms with Crippen molar-refractivity contribution < 1.29 is 9.84 Å². The zero-order valence-electron chi connectivity index (χ0n) is 19.8. The van der Waals surface area contributed by atoms with Gasteiger partial charge in [0.05, 0.1) is 17.1 Å². The average Bonchev–Trinajstić information content (AvgIpc) is 3.37. The van der Waals surface area contributed by atoms with Crippen LogP contribution >= 0.6 is 15.9 Å². The molecule has 0 amide bonds. The molecular weight excluding hydrogens is 478 g/mol. The number of fused-ring (bicyclic) bond motifs is 2. The maximum absolute atomic E-state index is 10.3. The van der Waals surface area contributed by atoms with Gasteiger partial charge >= 0.3 is 0 Å². The third-order valence-electron chi connectivity index (χ3n) is 7.41. The summed E-state index contributed by atoms with van der Waals surface area (Å²) in [7, 11) is 1.86. The molecule has 1 fully saturated rings. The van der Waals surface area contributed by atoms with Gasteiger partial charge in [-0.3, -0.25) is 0 Å². The lowest BCUT2D eigenvalue weighted by Crippen LogP contribution is -2.47. The number of H-pyrrole nitrogens is 1. The topological polar surface area (TPSA) is 61.4 Å². The molecule has 3 aromatic rings. The smallest absolute Gasteiger partial charge is 0.138 e. The largest absolute Gasteiger partial charge is 0.383 e. The molecular formula is C27H34BrN3O2. The van der Waals surface area contributed by atoms with E-state index in [0.717, 1.165) is 43.5 Å². The van der Waals surface area contributed by atoms with Crippen LogP contribution in [-0.4, -0.2) is 52.8 Å². The molecule has 2 N–H and O–H groups in total. The van der Waals surface area contributed by atoms with Gasteiger partial charge in [0.15, 0.2) is 0 Å². The Labute approximate surface area is 204 Å². The fourth-order valence-corrected chi connectivity index (χ4v) is 6.05. The first-order chi connectivity index (χ1) is 15.8. The lowest BCUT2D eigenvalue weighted by molar-refractivity contribution is -0.0148. The Hall–Kier alpha value is -1.73. The van der Waals surface area contributed by atoms with E-state index in [1.165, 1.54) is 34.0 Å². The van der Waals surface area contributed by atoms with Crippen molar-refractivity contribution in [3.63, 3.8) is 0 Å². The number of benzene rings is 2. The van der Waals surface area contributed by atoms with Gasteiger partial charge in [-0.15, -0.1) is 0 Å². The van der Waals surface area contributed by atoms with Gasteiger partial charge in [-0.25, -0.2) is 4.98 Å². The fourth-order valence-electron chi connectivity index (χ4n) is 5.64. The van der Waals surface area contributed by atoms with Gasteiger partial charge in [-0.05, 0) is 98.9 Å². The first-order valence-electron chi connectivity index (χ1n) is 12.0. The van der Waals surface area contributed by atoms with Crippen molar-refractivity contribution in [2.75, 3.05) is 26.7 Å². The van der Waals surface area contributed by atoms with Gasteiger partial charge < -0.3 is 19.7 Å². The van der Waals surface area contributed by atoms with Crippen molar-refractivity contribution in [1.82, 2.24) is 14.9 Å². The third kappa shape index (κ3) is 5.04. The second-order valence-corrected chi connectivity index (χ2v) is 11.4. The highest BCUT2D eigenvalue weighted by Gasteiger charge is 2.32. The van der Waals surface area contributed by atoms with Crippen LogP contribution in [0.5, 0.6) is 0 Å². The maximum Gasteiger partial charge on any atom is 0.138 e. The van der Waals surface area contributed by atoms with Crippen LogP contribution in [0.15, 0.2) is 40.9 Å². The highest BCUT2D eigenvalue weighted by molar-refractivity contribution is 9.10. The summed E-state index contributed by atoms with van der Waals surface area (Å²) >= 11 is 3.61. The minimum atomic E-state index is -0.968. The molecule has 1 aliphatic heterocycles. The summed E-state index contributed by atoms with van der Waals surface area (Å²) in [6.45, 7) is 6.80. The van der Waals surface area contributed by atoms with Crippen LogP contribution in [0.25, 0.3) is 11.0 Å². The summed E-state index contributed by atoms with van der Waals surface area (Å²) in [5, 5.41) is 10.3. The van der Waals surface area contributed by atoms with E-state index < -0.39 is 5.60 Å². The second-order valence-electron chi connectivity index (χ2n) is 10.5. The normalized spacial score (nSPS) is 23.8. The molecule has 176 valence electrons. The zero-order valence-corrected chi connectivity index (χ0v) is 21.4. The van der Waals surface area contributed by atoms with Gasteiger partial charge in [-0.2, -0.15) is 0 Å². The van der Waals surface area contributed by atoms with Crippen LogP contribution in [-0.2, 0) is 29.6 Å². The maximum atomic E-state index is 10.3. The predicted octanol–water partition coefficient (Wildman–Crippen LogP) is 4.85. The van der Waals surface area contributed by atoms with Crippen molar-refractivity contribution in [3.8, 4) is 0 Å². The monoisotopic (exact) mass is 511 g/mol. The molecule has 0 bridgehead atoms. The number of nitrogens with one attached hydrogen (secondary N) is 1. The van der Waals surface area contributed by atoms with E-state index in [0.29, 0.717) is 17.7 Å². The molecule has 3 atom stereocenters. The summed E-state index contributed by atoms with van der Waals surface area (Å²) < 4.78 is 7.17. The zero-order chi connectivity index (χ0) is 23.2. The molecule has 1 aliphatic carbocycles. The first kappa shape index (κ1) is 23.0. The van der Waals surface area contributed by atoms with Crippen molar-refractivity contribution >= 4 is 27.0 Å². The molecule has 0 spiro atoms. The summed E-state index contributed by atoms with van der Waals surface area (Å²) in [5.74, 6) is 1.82. The standard InChI is InChI=1S/C27H34BrN3O2/c1-27(2,32)26-29-23-7-4-17(13-24(23)30-26)10-20-8-9-31(16-25(20)33-3)15-18-11-19-5-6-22(28)14-21(19)12-18/h4-7,13-14,18,20,25,32H,8-12,15-16H2,1-3H3,(H,29,30)/t18?,20-,25-/m0/s1. The number of aliphatic hydroxyl groups is 1. The van der Waals surface area contributed by atoms with E-state index in [1.807, 2.05) is 7.11 Å². The van der Waals surface area contributed by atoms with E-state index in [9.17, 15) is 5.11 Å². The Morgan fingerprint density at radius 1 is 1.18 bits per heavy atom. The molecule has 6 heteroatoms. The van der Waals surface area contributed by atoms with E-state index in [1.54, 1.807) is 13.8 Å².